The Balaban J connectivity index is 1.14. The van der Waals surface area contributed by atoms with Crippen LogP contribution in [-0.2, 0) is 21.7 Å². The van der Waals surface area contributed by atoms with Gasteiger partial charge in [0, 0.05) is 46.8 Å². The van der Waals surface area contributed by atoms with Gasteiger partial charge in [-0.3, -0.25) is 9.80 Å². The van der Waals surface area contributed by atoms with E-state index in [1.807, 2.05) is 33.4 Å². The maximum Gasteiger partial charge on any atom is 0.0477 e. The van der Waals surface area contributed by atoms with Gasteiger partial charge in [0.25, 0.3) is 0 Å². The molecule has 7 aliphatic carbocycles. The van der Waals surface area contributed by atoms with Crippen molar-refractivity contribution in [2.45, 2.75) is 47.6 Å². The van der Waals surface area contributed by atoms with Crippen molar-refractivity contribution in [3.63, 3.8) is 0 Å². The number of likely N-dealkylation sites (tertiary alicyclic amines) is 2. The van der Waals surface area contributed by atoms with E-state index in [1.54, 1.807) is 280 Å². The fraction of sp³-hybridized carbons (Fsp3) is 0.162. The molecule has 0 radical (unpaired) electrons. The Morgan fingerprint density at radius 3 is 0.697 bits per heavy atom. The zero-order valence-electron chi connectivity index (χ0n) is 40.2. The first-order chi connectivity index (χ1) is 37.8. The SMILES string of the molecule is CCN1CC23c4c5c6c7c8c9c%10c%11c%12c(c%13c%14c2c2c4c4c6c6c%15c7c7c9c9c%10c%10c%12c%12c%13c%13c%14c%14c2c2c4c6c4c6c2c%14c2c%13c%13c%12c%10c%10c9c9c7c%15c4c4c9c%10c%13c2c64)C32[C@@H]1c1ccccc1[C@H]1N(CC)CC58C%1112. The number of hydrogen-bond acceptors (Lipinski definition) is 2. The molecule has 27 aromatic rings. The van der Waals surface area contributed by atoms with Gasteiger partial charge in [0.1, 0.15) is 0 Å². The monoisotopic (exact) mass is 936 g/mol. The average molecular weight is 937 g/mol. The second kappa shape index (κ2) is 6.58. The normalized spacial score (nSPS) is 29.6. The summed E-state index contributed by atoms with van der Waals surface area (Å²) in [5.41, 5.74) is 13.8. The number of likely N-dealkylation sites (N-methyl/N-ethyl adjacent to an activating group) is 2. The van der Waals surface area contributed by atoms with Gasteiger partial charge in [0.15, 0.2) is 0 Å². The fourth-order valence-corrected chi connectivity index (χ4v) is 30.1. The molecule has 4 unspecified atom stereocenters. The molecule has 76 heavy (non-hydrogen) atoms. The highest BCUT2D eigenvalue weighted by molar-refractivity contribution is 6.81. The van der Waals surface area contributed by atoms with Crippen LogP contribution in [0.3, 0.4) is 0 Å². The number of rotatable bonds is 2. The third kappa shape index (κ3) is 1.49. The number of benzene rings is 18. The van der Waals surface area contributed by atoms with E-state index in [9.17, 15) is 0 Å². The summed E-state index contributed by atoms with van der Waals surface area (Å²) >= 11 is 0. The van der Waals surface area contributed by atoms with Crippen LogP contribution in [0, 0.1) is 0 Å². The highest BCUT2D eigenvalue weighted by Gasteiger charge is 2.93. The molecule has 2 aliphatic heterocycles. The highest BCUT2D eigenvalue weighted by atomic mass is 15.3. The molecule has 0 saturated carbocycles. The Kier molecular flexibility index (Phi) is 2.53. The van der Waals surface area contributed by atoms with Gasteiger partial charge in [-0.15, -0.1) is 0 Å². The first-order valence-electron chi connectivity index (χ1n) is 29.4. The molecule has 2 saturated heterocycles. The van der Waals surface area contributed by atoms with Crippen LogP contribution in [0.4, 0.5) is 0 Å². The molecule has 27 aromatic carbocycles. The highest BCUT2D eigenvalue weighted by Crippen LogP contribution is 2.95. The molecule has 0 N–H and O–H groups in total. The maximum absolute atomic E-state index is 3.18. The number of fused-ring (bicyclic) bond motifs is 3. The van der Waals surface area contributed by atoms with E-state index in [4.69, 9.17) is 0 Å². The largest absolute Gasteiger partial charge is 0.294 e. The van der Waals surface area contributed by atoms with Crippen molar-refractivity contribution < 1.29 is 0 Å². The van der Waals surface area contributed by atoms with Gasteiger partial charge in [-0.25, -0.2) is 0 Å². The zero-order valence-corrected chi connectivity index (χ0v) is 40.2. The van der Waals surface area contributed by atoms with Crippen molar-refractivity contribution in [2.24, 2.45) is 0 Å². The van der Waals surface area contributed by atoms with E-state index in [0.717, 1.165) is 26.2 Å². The molecule has 9 aliphatic rings. The summed E-state index contributed by atoms with van der Waals surface area (Å²) < 4.78 is 0. The Morgan fingerprint density at radius 2 is 0.461 bits per heavy atom. The molecule has 4 spiro atoms. The van der Waals surface area contributed by atoms with E-state index < -0.39 is 0 Å². The summed E-state index contributed by atoms with van der Waals surface area (Å²) in [5.74, 6) is 0. The molecular weight excluding hydrogens is 917 g/mol. The van der Waals surface area contributed by atoms with Gasteiger partial charge in [-0.1, -0.05) is 38.1 Å². The predicted octanol–water partition coefficient (Wildman–Crippen LogP) is 17.6. The van der Waals surface area contributed by atoms with E-state index in [-0.39, 0.29) is 33.7 Å². The lowest BCUT2D eigenvalue weighted by Crippen LogP contribution is -2.73. The number of nitrogens with zero attached hydrogens (tertiary/aromatic N) is 2. The van der Waals surface area contributed by atoms with Gasteiger partial charge in [0.05, 0.1) is 0 Å². The molecule has 6 atom stereocenters. The molecule has 36 rings (SSSR count). The standard InChI is InChI=1S/C74H20N2/c1-3-75-9-71-63-54-47-39-30-22-15-13-14-16-18-17(15)24-28(22)41(47)49-43-32(24)33-25(18)29-23(16)31-27-20(14)21-19(13)26(30)35-37-34(21)38-36(27)46-40(31)48-42(29)50-44(33)53(43)62-65(58(49)54)73(71)69(75)11-7-5-6-8-12(11)70-74(73)66(62)59(50)55(48)64-57(46)61-52(38)51(37)60(56(63)45(35)39)67(71)68(61)72(64,74)10-76(70)4-2/h5-8,69-70H,3-4,9-10H2,1-2H3/t69-,70+,71?,72?,73?,74?. The van der Waals surface area contributed by atoms with Gasteiger partial charge in [-0.05, 0) is 327 Å². The van der Waals surface area contributed by atoms with E-state index in [1.165, 1.54) is 0 Å². The van der Waals surface area contributed by atoms with Crippen molar-refractivity contribution in [1.82, 2.24) is 9.80 Å². The Morgan fingerprint density at radius 1 is 0.263 bits per heavy atom. The van der Waals surface area contributed by atoms with Crippen molar-refractivity contribution >= 4 is 269 Å². The zero-order chi connectivity index (χ0) is 45.5. The van der Waals surface area contributed by atoms with E-state index in [0.29, 0.717) is 0 Å². The fourth-order valence-electron chi connectivity index (χ4n) is 30.1. The number of hydrogen-bond donors (Lipinski definition) is 0. The first-order valence-corrected chi connectivity index (χ1v) is 29.4. The van der Waals surface area contributed by atoms with Crippen LogP contribution in [0.1, 0.15) is 70.4 Å². The van der Waals surface area contributed by atoms with Crippen LogP contribution in [0.25, 0.3) is 269 Å². The van der Waals surface area contributed by atoms with Gasteiger partial charge in [-0.2, -0.15) is 0 Å². The molecule has 2 nitrogen and oxygen atoms in total. The molecule has 2 heteroatoms. The second-order valence-corrected chi connectivity index (χ2v) is 29.0. The Labute approximate surface area is 419 Å². The first kappa shape index (κ1) is 29.2. The lowest BCUT2D eigenvalue weighted by molar-refractivity contribution is 0.0269. The molecule has 0 aromatic heterocycles. The molecule has 0 bridgehead atoms. The minimum absolute atomic E-state index is 0.209. The van der Waals surface area contributed by atoms with Gasteiger partial charge < -0.3 is 0 Å². The van der Waals surface area contributed by atoms with Crippen LogP contribution in [0.2, 0.25) is 0 Å². The maximum atomic E-state index is 3.18. The summed E-state index contributed by atoms with van der Waals surface area (Å²) in [6.07, 6.45) is 0. The van der Waals surface area contributed by atoms with Crippen LogP contribution in [0.15, 0.2) is 24.3 Å². The summed E-state index contributed by atoms with van der Waals surface area (Å²) in [6.45, 7) is 9.56. The van der Waals surface area contributed by atoms with Crippen LogP contribution in [-0.4, -0.2) is 36.0 Å². The smallest absolute Gasteiger partial charge is 0.0477 e. The molecule has 326 valence electrons. The minimum Gasteiger partial charge on any atom is -0.294 e. The Bertz CT molecular complexity index is 7330. The summed E-state index contributed by atoms with van der Waals surface area (Å²) in [4.78, 5) is 6.37. The van der Waals surface area contributed by atoms with Crippen molar-refractivity contribution in [1.29, 1.82) is 0 Å². The predicted molar refractivity (Wildman–Crippen MR) is 315 cm³/mol. The minimum atomic E-state index is -0.213. The van der Waals surface area contributed by atoms with Crippen molar-refractivity contribution in [3.8, 4) is 0 Å². The molecule has 2 heterocycles. The molecular formula is C74H20N2. The third-order valence-electron chi connectivity index (χ3n) is 29.5. The van der Waals surface area contributed by atoms with Crippen molar-refractivity contribution in [3.05, 3.63) is 68.8 Å². The summed E-state index contributed by atoms with van der Waals surface area (Å²) in [7, 11) is 0. The Hall–Kier alpha value is -8.14. The molecule has 2 fully saturated rings. The lowest BCUT2D eigenvalue weighted by Gasteiger charge is -2.69. The van der Waals surface area contributed by atoms with Crippen LogP contribution >= 0.6 is 0 Å². The lowest BCUT2D eigenvalue weighted by atomic mass is 9.30. The van der Waals surface area contributed by atoms with Crippen molar-refractivity contribution in [2.75, 3.05) is 26.2 Å². The van der Waals surface area contributed by atoms with Crippen LogP contribution < -0.4 is 0 Å². The van der Waals surface area contributed by atoms with Crippen LogP contribution in [0.5, 0.6) is 0 Å². The third-order valence-corrected chi connectivity index (χ3v) is 29.5. The summed E-state index contributed by atoms with van der Waals surface area (Å²) in [5, 5.41) is 85.7. The second-order valence-electron chi connectivity index (χ2n) is 29.0. The average Bonchev–Trinajstić information content (AvgIpc) is 2.28. The van der Waals surface area contributed by atoms with E-state index >= 15 is 0 Å². The van der Waals surface area contributed by atoms with E-state index in [2.05, 4.69) is 47.9 Å². The quantitative estimate of drug-likeness (QED) is 0.159. The topological polar surface area (TPSA) is 6.48 Å². The molecule has 0 amide bonds. The van der Waals surface area contributed by atoms with Gasteiger partial charge in [0.2, 0.25) is 0 Å². The summed E-state index contributed by atoms with van der Waals surface area (Å²) in [6, 6.07) is 10.9. The van der Waals surface area contributed by atoms with Gasteiger partial charge >= 0.3 is 0 Å².